The fraction of sp³-hybridized carbons (Fsp3) is 0.556. The van der Waals surface area contributed by atoms with Gasteiger partial charge in [-0.05, 0) is 24.8 Å². The van der Waals surface area contributed by atoms with Crippen LogP contribution in [0.25, 0.3) is 0 Å². The van der Waals surface area contributed by atoms with Crippen molar-refractivity contribution in [1.29, 1.82) is 0 Å². The van der Waals surface area contributed by atoms with Gasteiger partial charge in [-0.15, -0.1) is 0 Å². The zero-order valence-electron chi connectivity index (χ0n) is 14.3. The minimum absolute atomic E-state index is 0.0406. The smallest absolute Gasteiger partial charge is 0.406 e. The summed E-state index contributed by atoms with van der Waals surface area (Å²) >= 11 is 0. The number of carbonyl (C=O) groups excluding carboxylic acids is 1. The van der Waals surface area contributed by atoms with Crippen molar-refractivity contribution in [3.63, 3.8) is 0 Å². The number of aliphatic carboxylic acids is 1. The molecule has 1 aliphatic heterocycles. The van der Waals surface area contributed by atoms with Crippen LogP contribution in [0.3, 0.4) is 0 Å². The molecule has 0 aliphatic carbocycles. The quantitative estimate of drug-likeness (QED) is 0.712. The summed E-state index contributed by atoms with van der Waals surface area (Å²) in [6.45, 7) is -0.188. The number of hydrogen-bond acceptors (Lipinski definition) is 3. The van der Waals surface area contributed by atoms with E-state index in [1.165, 1.54) is 0 Å². The molecule has 1 unspecified atom stereocenters. The number of ether oxygens (including phenoxy) is 1. The van der Waals surface area contributed by atoms with E-state index in [1.54, 1.807) is 0 Å². The lowest BCUT2D eigenvalue weighted by molar-refractivity contribution is -0.227. The number of alkyl halides is 3. The number of amides is 1. The van der Waals surface area contributed by atoms with Crippen LogP contribution in [0.4, 0.5) is 13.2 Å². The second kappa shape index (κ2) is 8.53. The first-order chi connectivity index (χ1) is 12.3. The number of carbonyl (C=O) groups is 2. The largest absolute Gasteiger partial charge is 0.481 e. The Hall–Kier alpha value is -2.09. The van der Waals surface area contributed by atoms with Gasteiger partial charge in [0.15, 0.2) is 5.41 Å². The van der Waals surface area contributed by atoms with E-state index in [9.17, 15) is 22.8 Å². The van der Waals surface area contributed by atoms with Crippen molar-refractivity contribution >= 4 is 11.9 Å². The van der Waals surface area contributed by atoms with Crippen LogP contribution >= 0.6 is 0 Å². The molecule has 26 heavy (non-hydrogen) atoms. The molecule has 1 N–H and O–H groups in total. The Labute approximate surface area is 149 Å². The normalized spacial score (nSPS) is 20.3. The molecule has 1 atom stereocenters. The van der Waals surface area contributed by atoms with E-state index < -0.39 is 36.4 Å². The molecule has 0 saturated carbocycles. The Bertz CT molecular complexity index is 621. The van der Waals surface area contributed by atoms with Crippen LogP contribution < -0.4 is 0 Å². The van der Waals surface area contributed by atoms with Gasteiger partial charge < -0.3 is 14.7 Å². The molecule has 1 amide bonds. The molecular weight excluding hydrogens is 351 g/mol. The van der Waals surface area contributed by atoms with Crippen LogP contribution in [0.15, 0.2) is 30.3 Å². The first kappa shape index (κ1) is 20.2. The Kier molecular flexibility index (Phi) is 6.63. The highest BCUT2D eigenvalue weighted by molar-refractivity contribution is 5.81. The van der Waals surface area contributed by atoms with Gasteiger partial charge in [0.2, 0.25) is 5.91 Å². The summed E-state index contributed by atoms with van der Waals surface area (Å²) in [7, 11) is 0. The minimum Gasteiger partial charge on any atom is -0.481 e. The molecule has 0 bridgehead atoms. The van der Waals surface area contributed by atoms with Gasteiger partial charge in [-0.25, -0.2) is 0 Å². The molecule has 8 heteroatoms. The lowest BCUT2D eigenvalue weighted by Crippen LogP contribution is -2.47. The molecule has 1 aromatic carbocycles. The Morgan fingerprint density at radius 2 is 1.88 bits per heavy atom. The van der Waals surface area contributed by atoms with E-state index in [2.05, 4.69) is 0 Å². The standard InChI is InChI=1S/C18H22F3NO4/c19-18(20,21)17(16(24)25)9-10-22(13-17)15(23)7-4-11-26-12-8-14-5-2-1-3-6-14/h1-3,5-6H,4,7-13H2,(H,24,25). The highest BCUT2D eigenvalue weighted by Crippen LogP contribution is 2.45. The monoisotopic (exact) mass is 373 g/mol. The minimum atomic E-state index is -4.88. The number of rotatable bonds is 8. The summed E-state index contributed by atoms with van der Waals surface area (Å²) in [6.07, 6.45) is -4.32. The van der Waals surface area contributed by atoms with Gasteiger partial charge in [-0.1, -0.05) is 30.3 Å². The third kappa shape index (κ3) is 4.75. The van der Waals surface area contributed by atoms with Crippen LogP contribution in [0.5, 0.6) is 0 Å². The van der Waals surface area contributed by atoms with Crippen molar-refractivity contribution in [2.45, 2.75) is 31.9 Å². The maximum atomic E-state index is 13.1. The average molecular weight is 373 g/mol. The number of halogens is 3. The average Bonchev–Trinajstić information content (AvgIpc) is 3.05. The van der Waals surface area contributed by atoms with Crippen molar-refractivity contribution in [3.8, 4) is 0 Å². The first-order valence-electron chi connectivity index (χ1n) is 8.46. The van der Waals surface area contributed by atoms with Gasteiger partial charge in [0.25, 0.3) is 0 Å². The highest BCUT2D eigenvalue weighted by Gasteiger charge is 2.64. The van der Waals surface area contributed by atoms with Crippen LogP contribution in [0.1, 0.15) is 24.8 Å². The van der Waals surface area contributed by atoms with Crippen molar-refractivity contribution in [2.75, 3.05) is 26.3 Å². The first-order valence-corrected chi connectivity index (χ1v) is 8.46. The SMILES string of the molecule is O=C(CCCOCCc1ccccc1)N1CCC(C(=O)O)(C(F)(F)F)C1. The highest BCUT2D eigenvalue weighted by atomic mass is 19.4. The molecule has 1 aliphatic rings. The molecule has 1 saturated heterocycles. The molecule has 144 valence electrons. The topological polar surface area (TPSA) is 66.8 Å². The van der Waals surface area contributed by atoms with E-state index in [1.807, 2.05) is 30.3 Å². The Balaban J connectivity index is 1.69. The van der Waals surface area contributed by atoms with Gasteiger partial charge in [-0.2, -0.15) is 13.2 Å². The second-order valence-electron chi connectivity index (χ2n) is 6.40. The van der Waals surface area contributed by atoms with Crippen LogP contribution in [0.2, 0.25) is 0 Å². The molecule has 0 radical (unpaired) electrons. The lowest BCUT2D eigenvalue weighted by atomic mass is 9.86. The number of carboxylic acids is 1. The van der Waals surface area contributed by atoms with Gasteiger partial charge in [0.1, 0.15) is 0 Å². The number of hydrogen-bond donors (Lipinski definition) is 1. The van der Waals surface area contributed by atoms with Crippen molar-refractivity contribution in [1.82, 2.24) is 4.90 Å². The molecule has 2 rings (SSSR count). The van der Waals surface area contributed by atoms with Crippen LogP contribution in [0, 0.1) is 5.41 Å². The summed E-state index contributed by atoms with van der Waals surface area (Å²) in [5, 5.41) is 8.99. The second-order valence-corrected chi connectivity index (χ2v) is 6.40. The predicted molar refractivity (Wildman–Crippen MR) is 87.5 cm³/mol. The van der Waals surface area contributed by atoms with Crippen LogP contribution in [-0.4, -0.2) is 54.4 Å². The van der Waals surface area contributed by atoms with E-state index in [4.69, 9.17) is 9.84 Å². The van der Waals surface area contributed by atoms with Gasteiger partial charge in [-0.3, -0.25) is 9.59 Å². The zero-order valence-corrected chi connectivity index (χ0v) is 14.3. The molecule has 1 heterocycles. The van der Waals surface area contributed by atoms with E-state index >= 15 is 0 Å². The molecule has 1 aromatic rings. The van der Waals surface area contributed by atoms with Crippen LogP contribution in [-0.2, 0) is 20.7 Å². The number of likely N-dealkylation sites (tertiary alicyclic amines) is 1. The Morgan fingerprint density at radius 3 is 2.46 bits per heavy atom. The number of nitrogens with zero attached hydrogens (tertiary/aromatic N) is 1. The number of benzene rings is 1. The summed E-state index contributed by atoms with van der Waals surface area (Å²) in [5.41, 5.74) is -1.72. The van der Waals surface area contributed by atoms with Gasteiger partial charge in [0, 0.05) is 26.1 Å². The fourth-order valence-corrected chi connectivity index (χ4v) is 2.97. The zero-order chi connectivity index (χ0) is 19.2. The lowest BCUT2D eigenvalue weighted by Gasteiger charge is -2.27. The Morgan fingerprint density at radius 1 is 1.19 bits per heavy atom. The molecular formula is C18H22F3NO4. The van der Waals surface area contributed by atoms with Gasteiger partial charge >= 0.3 is 12.1 Å². The van der Waals surface area contributed by atoms with Crippen molar-refractivity contribution in [3.05, 3.63) is 35.9 Å². The maximum Gasteiger partial charge on any atom is 0.406 e. The van der Waals surface area contributed by atoms with E-state index in [-0.39, 0.29) is 13.0 Å². The van der Waals surface area contributed by atoms with Crippen molar-refractivity contribution < 1.29 is 32.6 Å². The van der Waals surface area contributed by atoms with E-state index in [0.717, 1.165) is 16.9 Å². The molecule has 5 nitrogen and oxygen atoms in total. The fourth-order valence-electron chi connectivity index (χ4n) is 2.97. The third-order valence-electron chi connectivity index (χ3n) is 4.63. The summed E-state index contributed by atoms with van der Waals surface area (Å²) < 4.78 is 44.7. The van der Waals surface area contributed by atoms with Gasteiger partial charge in [0.05, 0.1) is 6.61 Å². The van der Waals surface area contributed by atoms with E-state index in [0.29, 0.717) is 19.6 Å². The molecule has 0 aromatic heterocycles. The molecule has 0 spiro atoms. The maximum absolute atomic E-state index is 13.1. The summed E-state index contributed by atoms with van der Waals surface area (Å²) in [6, 6.07) is 9.75. The summed E-state index contributed by atoms with van der Waals surface area (Å²) in [4.78, 5) is 24.1. The number of carboxylic acid groups (broad SMARTS) is 1. The van der Waals surface area contributed by atoms with Crippen molar-refractivity contribution in [2.24, 2.45) is 5.41 Å². The third-order valence-corrected chi connectivity index (χ3v) is 4.63. The summed E-state index contributed by atoms with van der Waals surface area (Å²) in [5.74, 6) is -2.39. The molecule has 1 fully saturated rings. The predicted octanol–water partition coefficient (Wildman–Crippen LogP) is 2.89.